The van der Waals surface area contributed by atoms with Crippen molar-refractivity contribution in [2.75, 3.05) is 13.7 Å². The van der Waals surface area contributed by atoms with Gasteiger partial charge < -0.3 is 15.7 Å². The Kier molecular flexibility index (Phi) is 6.66. The minimum atomic E-state index is -0.133. The van der Waals surface area contributed by atoms with Gasteiger partial charge >= 0.3 is 0 Å². The van der Waals surface area contributed by atoms with E-state index >= 15 is 0 Å². The van der Waals surface area contributed by atoms with Gasteiger partial charge in [0.1, 0.15) is 0 Å². The number of benzene rings is 1. The summed E-state index contributed by atoms with van der Waals surface area (Å²) in [6, 6.07) is 8.13. The fourth-order valence-corrected chi connectivity index (χ4v) is 3.36. The molecule has 1 fully saturated rings. The highest BCUT2D eigenvalue weighted by molar-refractivity contribution is 7.13. The third-order valence-electron chi connectivity index (χ3n) is 3.84. The highest BCUT2D eigenvalue weighted by atomic mass is 32.1. The van der Waals surface area contributed by atoms with E-state index in [2.05, 4.69) is 46.5 Å². The van der Waals surface area contributed by atoms with Crippen LogP contribution in [-0.2, 0) is 11.3 Å². The van der Waals surface area contributed by atoms with E-state index in [1.54, 1.807) is 11.3 Å². The summed E-state index contributed by atoms with van der Waals surface area (Å²) < 4.78 is 0. The van der Waals surface area contributed by atoms with Gasteiger partial charge in [-0.15, -0.1) is 11.3 Å². The summed E-state index contributed by atoms with van der Waals surface area (Å²) >= 11 is 1.65. The van der Waals surface area contributed by atoms with Crippen LogP contribution in [0, 0.1) is 6.92 Å². The Hall–Kier alpha value is -2.02. The van der Waals surface area contributed by atoms with Gasteiger partial charge in [0, 0.05) is 20.2 Å². The lowest BCUT2D eigenvalue weighted by Crippen LogP contribution is -2.39. The molecule has 1 atom stereocenters. The molecule has 1 aliphatic heterocycles. The molecule has 1 aliphatic rings. The fraction of sp³-hybridized carbons (Fsp3) is 0.333. The second-order valence-electron chi connectivity index (χ2n) is 5.57. The third kappa shape index (κ3) is 4.50. The number of hydrogen-bond acceptors (Lipinski definition) is 5. The normalized spacial score (nSPS) is 16.5. The molecule has 3 N–H and O–H groups in total. The van der Waals surface area contributed by atoms with Gasteiger partial charge in [-0.3, -0.25) is 4.79 Å². The van der Waals surface area contributed by atoms with Crippen molar-refractivity contribution in [2.45, 2.75) is 25.9 Å². The van der Waals surface area contributed by atoms with Crippen LogP contribution >= 0.6 is 11.3 Å². The lowest BCUT2D eigenvalue weighted by atomic mass is 10.1. The first-order valence-electron chi connectivity index (χ1n) is 7.75. The van der Waals surface area contributed by atoms with Crippen LogP contribution in [0.5, 0.6) is 0 Å². The number of amides is 1. The molecule has 5 nitrogen and oxygen atoms in total. The first kappa shape index (κ1) is 18.3. The molecule has 6 heteroatoms. The molecule has 24 heavy (non-hydrogen) atoms. The number of hydrogen-bond donors (Lipinski definition) is 3. The maximum atomic E-state index is 12.0. The van der Waals surface area contributed by atoms with Crippen LogP contribution in [0.15, 0.2) is 41.9 Å². The highest BCUT2D eigenvalue weighted by Crippen LogP contribution is 2.27. The van der Waals surface area contributed by atoms with Crippen molar-refractivity contribution in [2.24, 2.45) is 0 Å². The number of nitrogens with zero attached hydrogens (tertiary/aromatic N) is 1. The van der Waals surface area contributed by atoms with Crippen molar-refractivity contribution < 1.29 is 9.90 Å². The van der Waals surface area contributed by atoms with Crippen molar-refractivity contribution in [1.82, 2.24) is 15.6 Å². The minimum absolute atomic E-state index is 0.0426. The van der Waals surface area contributed by atoms with Crippen molar-refractivity contribution in [1.29, 1.82) is 0 Å². The van der Waals surface area contributed by atoms with Crippen molar-refractivity contribution >= 4 is 17.2 Å². The quantitative estimate of drug-likeness (QED) is 0.743. The average molecular weight is 345 g/mol. The Labute approximate surface area is 146 Å². The third-order valence-corrected chi connectivity index (χ3v) is 4.81. The summed E-state index contributed by atoms with van der Waals surface area (Å²) in [5.74, 6) is 0.0426. The van der Waals surface area contributed by atoms with Gasteiger partial charge in [0.05, 0.1) is 22.1 Å². The molecule has 128 valence electrons. The Morgan fingerprint density at radius 1 is 1.42 bits per heavy atom. The van der Waals surface area contributed by atoms with E-state index in [1.165, 1.54) is 10.4 Å². The summed E-state index contributed by atoms with van der Waals surface area (Å²) in [5.41, 5.74) is 6.27. The summed E-state index contributed by atoms with van der Waals surface area (Å²) in [5, 5.41) is 13.1. The Morgan fingerprint density at radius 3 is 2.67 bits per heavy atom. The SMILES string of the molecule is C=C1CNC(C(=O)NCc2ccc(-c3scnc3C)cc2)C1.CO. The van der Waals surface area contributed by atoms with E-state index in [4.69, 9.17) is 5.11 Å². The van der Waals surface area contributed by atoms with Gasteiger partial charge in [-0.05, 0) is 24.5 Å². The van der Waals surface area contributed by atoms with Gasteiger partial charge in [0.25, 0.3) is 0 Å². The topological polar surface area (TPSA) is 74.2 Å². The van der Waals surface area contributed by atoms with Crippen LogP contribution in [0.4, 0.5) is 0 Å². The highest BCUT2D eigenvalue weighted by Gasteiger charge is 2.23. The molecule has 0 spiro atoms. The van der Waals surface area contributed by atoms with Gasteiger partial charge in [-0.2, -0.15) is 0 Å². The maximum absolute atomic E-state index is 12.0. The second-order valence-corrected chi connectivity index (χ2v) is 6.42. The van der Waals surface area contributed by atoms with Crippen LogP contribution in [0.25, 0.3) is 10.4 Å². The number of aliphatic hydroxyl groups is 1. The Balaban J connectivity index is 0.00000100. The standard InChI is InChI=1S/C17H19N3OS.CH4O/c1-11-7-15(18-8-11)17(21)19-9-13-3-5-14(6-4-13)16-12(2)20-10-22-16;1-2/h3-6,10,15,18H,1,7-9H2,2H3,(H,19,21);2H,1H3. The van der Waals surface area contributed by atoms with E-state index in [1.807, 2.05) is 12.4 Å². The number of carbonyl (C=O) groups excluding carboxylic acids is 1. The molecule has 1 amide bonds. The molecule has 1 unspecified atom stereocenters. The predicted molar refractivity (Wildman–Crippen MR) is 97.8 cm³/mol. The van der Waals surface area contributed by atoms with Crippen molar-refractivity contribution in [3.05, 3.63) is 53.2 Å². The van der Waals surface area contributed by atoms with Gasteiger partial charge in [-0.1, -0.05) is 36.4 Å². The summed E-state index contributed by atoms with van der Waals surface area (Å²) in [6.07, 6.45) is 0.732. The molecule has 1 saturated heterocycles. The first-order valence-corrected chi connectivity index (χ1v) is 8.63. The number of rotatable bonds is 4. The molecule has 2 heterocycles. The van der Waals surface area contributed by atoms with E-state index in [0.717, 1.165) is 36.9 Å². The van der Waals surface area contributed by atoms with E-state index in [9.17, 15) is 4.79 Å². The van der Waals surface area contributed by atoms with E-state index in [0.29, 0.717) is 6.54 Å². The minimum Gasteiger partial charge on any atom is -0.400 e. The largest absolute Gasteiger partial charge is 0.400 e. The molecule has 3 rings (SSSR count). The van der Waals surface area contributed by atoms with Gasteiger partial charge in [0.2, 0.25) is 5.91 Å². The molecule has 0 aliphatic carbocycles. The molecule has 1 aromatic heterocycles. The molecule has 0 saturated carbocycles. The fourth-order valence-electron chi connectivity index (χ4n) is 2.55. The molecule has 0 radical (unpaired) electrons. The van der Waals surface area contributed by atoms with Gasteiger partial charge in [0.15, 0.2) is 0 Å². The summed E-state index contributed by atoms with van der Waals surface area (Å²) in [7, 11) is 1.00. The van der Waals surface area contributed by atoms with E-state index < -0.39 is 0 Å². The van der Waals surface area contributed by atoms with Crippen LogP contribution in [0.3, 0.4) is 0 Å². The number of aliphatic hydroxyl groups excluding tert-OH is 1. The van der Waals surface area contributed by atoms with Gasteiger partial charge in [-0.25, -0.2) is 4.98 Å². The Morgan fingerprint density at radius 2 is 2.12 bits per heavy atom. The number of aryl methyl sites for hydroxylation is 1. The van der Waals surface area contributed by atoms with Crippen molar-refractivity contribution in [3.8, 4) is 10.4 Å². The molecule has 1 aromatic carbocycles. The zero-order valence-electron chi connectivity index (χ0n) is 14.0. The first-order chi connectivity index (χ1) is 11.6. The molecular formula is C18H23N3O2S. The zero-order chi connectivity index (χ0) is 17.5. The monoisotopic (exact) mass is 345 g/mol. The summed E-state index contributed by atoms with van der Waals surface area (Å²) in [4.78, 5) is 17.5. The van der Waals surface area contributed by atoms with Crippen LogP contribution < -0.4 is 10.6 Å². The lowest BCUT2D eigenvalue weighted by molar-refractivity contribution is -0.122. The second kappa shape index (κ2) is 8.73. The predicted octanol–water partition coefficient (Wildman–Crippen LogP) is 2.26. The number of carbonyl (C=O) groups is 1. The molecular weight excluding hydrogens is 322 g/mol. The molecule has 2 aromatic rings. The van der Waals surface area contributed by atoms with E-state index in [-0.39, 0.29) is 11.9 Å². The van der Waals surface area contributed by atoms with Crippen LogP contribution in [0.1, 0.15) is 17.7 Å². The Bertz CT molecular complexity index is 695. The van der Waals surface area contributed by atoms with Crippen LogP contribution in [0.2, 0.25) is 0 Å². The number of nitrogens with one attached hydrogen (secondary N) is 2. The van der Waals surface area contributed by atoms with Crippen LogP contribution in [-0.4, -0.2) is 35.7 Å². The zero-order valence-corrected chi connectivity index (χ0v) is 14.8. The average Bonchev–Trinajstić information content (AvgIpc) is 3.23. The summed E-state index contributed by atoms with van der Waals surface area (Å²) in [6.45, 7) is 7.20. The number of thiazole rings is 1. The number of aromatic nitrogens is 1. The molecule has 0 bridgehead atoms. The van der Waals surface area contributed by atoms with Crippen molar-refractivity contribution in [3.63, 3.8) is 0 Å². The lowest BCUT2D eigenvalue weighted by Gasteiger charge is -2.11. The maximum Gasteiger partial charge on any atom is 0.237 e. The smallest absolute Gasteiger partial charge is 0.237 e.